The number of rotatable bonds is 4. The highest BCUT2D eigenvalue weighted by atomic mass is 16.5. The summed E-state index contributed by atoms with van der Waals surface area (Å²) in [4.78, 5) is 22.4. The van der Waals surface area contributed by atoms with Crippen LogP contribution in [-0.4, -0.2) is 84.4 Å². The fourth-order valence-corrected chi connectivity index (χ4v) is 3.89. The molecule has 9 heteroatoms. The molecule has 9 nitrogen and oxygen atoms in total. The lowest BCUT2D eigenvalue weighted by molar-refractivity contribution is -0.214. The van der Waals surface area contributed by atoms with E-state index in [1.54, 1.807) is 25.3 Å². The normalized spacial score (nSPS) is 23.6. The first-order chi connectivity index (χ1) is 13.9. The van der Waals surface area contributed by atoms with Crippen LogP contribution in [0.3, 0.4) is 0 Å². The van der Waals surface area contributed by atoms with E-state index in [1.807, 2.05) is 0 Å². The van der Waals surface area contributed by atoms with Gasteiger partial charge >= 0.3 is 5.97 Å². The predicted octanol–water partition coefficient (Wildman–Crippen LogP) is 0.659. The van der Waals surface area contributed by atoms with Crippen molar-refractivity contribution in [1.29, 1.82) is 0 Å². The van der Waals surface area contributed by atoms with Crippen LogP contribution < -0.4 is 4.74 Å². The largest absolute Gasteiger partial charge is 0.496 e. The van der Waals surface area contributed by atoms with Crippen LogP contribution in [0.25, 0.3) is 0 Å². The monoisotopic (exact) mass is 411 g/mol. The minimum absolute atomic E-state index is 0.250. The van der Waals surface area contributed by atoms with Crippen molar-refractivity contribution in [3.8, 4) is 5.75 Å². The van der Waals surface area contributed by atoms with Gasteiger partial charge in [0.1, 0.15) is 11.9 Å². The third-order valence-corrected chi connectivity index (χ3v) is 5.50. The Kier molecular flexibility index (Phi) is 8.39. The zero-order valence-electron chi connectivity index (χ0n) is 16.7. The molecule has 29 heavy (non-hydrogen) atoms. The number of ether oxygens (including phenoxy) is 3. The number of aliphatic hydroxyl groups excluding tert-OH is 2. The van der Waals surface area contributed by atoms with E-state index in [1.165, 1.54) is 7.11 Å². The van der Waals surface area contributed by atoms with E-state index >= 15 is 0 Å². The lowest BCUT2D eigenvalue weighted by Crippen LogP contribution is -2.59. The lowest BCUT2D eigenvalue weighted by Gasteiger charge is -2.48. The first-order valence-corrected chi connectivity index (χ1v) is 9.46. The third kappa shape index (κ3) is 5.45. The van der Waals surface area contributed by atoms with Gasteiger partial charge in [0.2, 0.25) is 0 Å². The molecule has 2 atom stereocenters. The molecule has 1 spiro atoms. The first-order valence-electron chi connectivity index (χ1n) is 9.46. The van der Waals surface area contributed by atoms with Gasteiger partial charge in [-0.3, -0.25) is 9.69 Å². The highest BCUT2D eigenvalue weighted by Gasteiger charge is 2.47. The number of esters is 1. The van der Waals surface area contributed by atoms with Crippen LogP contribution in [0.4, 0.5) is 0 Å². The molecule has 0 unspecified atom stereocenters. The van der Waals surface area contributed by atoms with Gasteiger partial charge in [0.05, 0.1) is 38.1 Å². The maximum Gasteiger partial charge on any atom is 0.337 e. The van der Waals surface area contributed by atoms with Crippen molar-refractivity contribution in [3.05, 3.63) is 29.3 Å². The van der Waals surface area contributed by atoms with Crippen LogP contribution in [0.15, 0.2) is 18.2 Å². The molecule has 0 bridgehead atoms. The van der Waals surface area contributed by atoms with Crippen LogP contribution in [0.2, 0.25) is 0 Å². The SMILES string of the molecule is COC(=O)c1ccc(OC)c(CN2CCC3(CC2)OCC[C@H](O)[C@@H]3O)c1.O=CO. The number of likely N-dealkylation sites (tertiary alicyclic amines) is 1. The summed E-state index contributed by atoms with van der Waals surface area (Å²) in [5, 5.41) is 27.2. The van der Waals surface area contributed by atoms with Gasteiger partial charge in [-0.15, -0.1) is 0 Å². The molecule has 0 aromatic heterocycles. The minimum Gasteiger partial charge on any atom is -0.496 e. The summed E-state index contributed by atoms with van der Waals surface area (Å²) in [6.45, 7) is 2.32. The number of carbonyl (C=O) groups is 2. The number of nitrogens with zero attached hydrogens (tertiary/aromatic N) is 1. The van der Waals surface area contributed by atoms with Crippen LogP contribution in [-0.2, 0) is 20.8 Å². The van der Waals surface area contributed by atoms with Crippen molar-refractivity contribution in [2.75, 3.05) is 33.9 Å². The molecule has 0 radical (unpaired) electrons. The molecular weight excluding hydrogens is 382 g/mol. The van der Waals surface area contributed by atoms with Gasteiger partial charge in [0, 0.05) is 25.2 Å². The highest BCUT2D eigenvalue weighted by molar-refractivity contribution is 5.89. The quantitative estimate of drug-likeness (QED) is 0.484. The molecule has 0 saturated carbocycles. The van der Waals surface area contributed by atoms with Gasteiger partial charge in [-0.1, -0.05) is 0 Å². The van der Waals surface area contributed by atoms with Gasteiger partial charge in [-0.2, -0.15) is 0 Å². The standard InChI is InChI=1S/C19H27NO6.CH2O2/c1-24-16-4-3-13(18(23)25-2)11-14(16)12-20-8-6-19(7-9-20)17(22)15(21)5-10-26-19;2-1-3/h3-4,11,15,17,21-22H,5-10,12H2,1-2H3;1H,(H,2,3)/t15-,17-;/m0./s1. The van der Waals surface area contributed by atoms with E-state index in [-0.39, 0.29) is 12.4 Å². The van der Waals surface area contributed by atoms with Crippen molar-refractivity contribution in [3.63, 3.8) is 0 Å². The summed E-state index contributed by atoms with van der Waals surface area (Å²) in [6, 6.07) is 5.26. The summed E-state index contributed by atoms with van der Waals surface area (Å²) < 4.78 is 16.1. The fraction of sp³-hybridized carbons (Fsp3) is 0.600. The Morgan fingerprint density at radius 2 is 1.97 bits per heavy atom. The number of hydrogen-bond donors (Lipinski definition) is 3. The van der Waals surface area contributed by atoms with Gasteiger partial charge in [-0.05, 0) is 37.5 Å². The van der Waals surface area contributed by atoms with E-state index in [2.05, 4.69) is 4.90 Å². The molecule has 3 N–H and O–H groups in total. The highest BCUT2D eigenvalue weighted by Crippen LogP contribution is 2.36. The van der Waals surface area contributed by atoms with E-state index in [9.17, 15) is 15.0 Å². The lowest BCUT2D eigenvalue weighted by atomic mass is 9.80. The van der Waals surface area contributed by atoms with Crippen LogP contribution >= 0.6 is 0 Å². The van der Waals surface area contributed by atoms with Crippen molar-refractivity contribution in [2.24, 2.45) is 0 Å². The zero-order valence-corrected chi connectivity index (χ0v) is 16.7. The maximum absolute atomic E-state index is 11.8. The second-order valence-corrected chi connectivity index (χ2v) is 7.11. The molecule has 0 aliphatic carbocycles. The number of methoxy groups -OCH3 is 2. The molecule has 2 aliphatic rings. The second kappa shape index (κ2) is 10.5. The average Bonchev–Trinajstić information content (AvgIpc) is 2.73. The Hall–Kier alpha value is -2.20. The van der Waals surface area contributed by atoms with Gasteiger partial charge in [-0.25, -0.2) is 4.79 Å². The second-order valence-electron chi connectivity index (χ2n) is 7.11. The number of benzene rings is 1. The van der Waals surface area contributed by atoms with E-state index < -0.39 is 17.8 Å². The summed E-state index contributed by atoms with van der Waals surface area (Å²) in [5.74, 6) is 0.349. The molecule has 0 amide bonds. The zero-order chi connectivity index (χ0) is 21.4. The van der Waals surface area contributed by atoms with Crippen LogP contribution in [0.1, 0.15) is 35.2 Å². The molecule has 1 aromatic rings. The van der Waals surface area contributed by atoms with Crippen molar-refractivity contribution >= 4 is 12.4 Å². The van der Waals surface area contributed by atoms with Crippen molar-refractivity contribution < 1.29 is 39.1 Å². The smallest absolute Gasteiger partial charge is 0.337 e. The Bertz CT molecular complexity index is 687. The molecule has 2 aliphatic heterocycles. The minimum atomic E-state index is -0.837. The summed E-state index contributed by atoms with van der Waals surface area (Å²) in [6.07, 6.45) is 0.237. The fourth-order valence-electron chi connectivity index (χ4n) is 3.89. The molecule has 2 fully saturated rings. The van der Waals surface area contributed by atoms with E-state index in [0.717, 1.165) is 24.4 Å². The Labute approximate surface area is 169 Å². The first kappa shape index (κ1) is 23.1. The molecule has 1 aromatic carbocycles. The maximum atomic E-state index is 11.8. The number of carboxylic acid groups (broad SMARTS) is 1. The Morgan fingerprint density at radius 3 is 2.55 bits per heavy atom. The number of piperidine rings is 1. The average molecular weight is 411 g/mol. The predicted molar refractivity (Wildman–Crippen MR) is 103 cm³/mol. The van der Waals surface area contributed by atoms with E-state index in [0.29, 0.717) is 38.0 Å². The summed E-state index contributed by atoms with van der Waals surface area (Å²) in [7, 11) is 2.97. The number of hydrogen-bond acceptors (Lipinski definition) is 8. The summed E-state index contributed by atoms with van der Waals surface area (Å²) in [5.41, 5.74) is 0.758. The number of carbonyl (C=O) groups excluding carboxylic acids is 1. The molecule has 162 valence electrons. The topological polar surface area (TPSA) is 126 Å². The van der Waals surface area contributed by atoms with Crippen LogP contribution in [0.5, 0.6) is 5.75 Å². The van der Waals surface area contributed by atoms with E-state index in [4.69, 9.17) is 24.1 Å². The van der Waals surface area contributed by atoms with Gasteiger partial charge < -0.3 is 29.5 Å². The summed E-state index contributed by atoms with van der Waals surface area (Å²) >= 11 is 0. The van der Waals surface area contributed by atoms with Gasteiger partial charge in [0.25, 0.3) is 6.47 Å². The van der Waals surface area contributed by atoms with Crippen LogP contribution in [0, 0.1) is 0 Å². The molecule has 2 heterocycles. The molecule has 3 rings (SSSR count). The molecule has 2 saturated heterocycles. The van der Waals surface area contributed by atoms with Crippen molar-refractivity contribution in [1.82, 2.24) is 4.90 Å². The van der Waals surface area contributed by atoms with Crippen molar-refractivity contribution in [2.45, 2.75) is 43.6 Å². The Balaban J connectivity index is 0.000000941. The van der Waals surface area contributed by atoms with Gasteiger partial charge in [0.15, 0.2) is 0 Å². The Morgan fingerprint density at radius 1 is 1.31 bits per heavy atom. The third-order valence-electron chi connectivity index (χ3n) is 5.50. The number of aliphatic hydroxyl groups is 2. The molecular formula is C20H29NO8.